The molecule has 0 aliphatic carbocycles. The number of guanidine groups is 1. The Hall–Kier alpha value is -1.38. The molecule has 1 amide bonds. The van der Waals surface area contributed by atoms with E-state index in [1.54, 1.807) is 12.1 Å². The van der Waals surface area contributed by atoms with Gasteiger partial charge in [0.15, 0.2) is 5.96 Å². The van der Waals surface area contributed by atoms with E-state index in [0.717, 1.165) is 31.2 Å². The zero-order valence-corrected chi connectivity index (χ0v) is 18.8. The van der Waals surface area contributed by atoms with Crippen LogP contribution >= 0.6 is 24.0 Å². The first-order valence-corrected chi connectivity index (χ1v) is 9.52. The highest BCUT2D eigenvalue weighted by Crippen LogP contribution is 2.20. The number of piperidine rings is 1. The standard InChI is InChI=1S/C20H31FN4O.HI/c1-4-22-20(25-13-15(2)11-16(3)14-25)24-10-9-23-19(26)12-17-5-7-18(21)8-6-17;/h5-8,15-16H,4,9-14H2,1-3H3,(H,22,24)(H,23,26);1H. The number of rotatable bonds is 6. The van der Waals surface area contributed by atoms with E-state index in [2.05, 4.69) is 41.3 Å². The number of likely N-dealkylation sites (tertiary alicyclic amines) is 1. The molecular formula is C20H32FIN4O. The maximum Gasteiger partial charge on any atom is 0.224 e. The van der Waals surface area contributed by atoms with E-state index in [1.165, 1.54) is 18.6 Å². The zero-order valence-electron chi connectivity index (χ0n) is 16.5. The lowest BCUT2D eigenvalue weighted by Gasteiger charge is -2.37. The van der Waals surface area contributed by atoms with Gasteiger partial charge in [-0.1, -0.05) is 26.0 Å². The van der Waals surface area contributed by atoms with Gasteiger partial charge in [0.05, 0.1) is 13.0 Å². The van der Waals surface area contributed by atoms with Crippen molar-refractivity contribution >= 4 is 35.8 Å². The predicted molar refractivity (Wildman–Crippen MR) is 119 cm³/mol. The van der Waals surface area contributed by atoms with E-state index in [4.69, 9.17) is 0 Å². The van der Waals surface area contributed by atoms with Crippen LogP contribution in [0, 0.1) is 17.7 Å². The molecule has 0 aromatic heterocycles. The molecule has 1 aliphatic heterocycles. The second-order valence-corrected chi connectivity index (χ2v) is 7.24. The lowest BCUT2D eigenvalue weighted by molar-refractivity contribution is -0.120. The molecule has 1 aromatic carbocycles. The summed E-state index contributed by atoms with van der Waals surface area (Å²) in [4.78, 5) is 19.0. The number of benzene rings is 1. The Morgan fingerprint density at radius 1 is 1.19 bits per heavy atom. The number of hydrogen-bond acceptors (Lipinski definition) is 2. The Morgan fingerprint density at radius 3 is 2.41 bits per heavy atom. The second-order valence-electron chi connectivity index (χ2n) is 7.24. The molecule has 27 heavy (non-hydrogen) atoms. The summed E-state index contributed by atoms with van der Waals surface area (Å²) in [6, 6.07) is 6.01. The summed E-state index contributed by atoms with van der Waals surface area (Å²) in [6.45, 7) is 10.5. The van der Waals surface area contributed by atoms with Gasteiger partial charge in [-0.05, 0) is 42.9 Å². The van der Waals surface area contributed by atoms with Crippen LogP contribution in [0.15, 0.2) is 29.3 Å². The third-order valence-electron chi connectivity index (χ3n) is 4.48. The monoisotopic (exact) mass is 490 g/mol. The van der Waals surface area contributed by atoms with Crippen LogP contribution in [0.4, 0.5) is 4.39 Å². The molecule has 0 bridgehead atoms. The fourth-order valence-corrected chi connectivity index (χ4v) is 3.47. The quantitative estimate of drug-likeness (QED) is 0.279. The molecule has 2 atom stereocenters. The summed E-state index contributed by atoms with van der Waals surface area (Å²) in [5.41, 5.74) is 0.803. The molecule has 1 heterocycles. The molecule has 0 radical (unpaired) electrons. The molecule has 1 aromatic rings. The minimum atomic E-state index is -0.291. The van der Waals surface area contributed by atoms with E-state index in [-0.39, 0.29) is 42.1 Å². The van der Waals surface area contributed by atoms with Gasteiger partial charge in [0.25, 0.3) is 0 Å². The maximum atomic E-state index is 12.9. The number of halogens is 2. The highest BCUT2D eigenvalue weighted by Gasteiger charge is 2.23. The normalized spacial score (nSPS) is 20.0. The second kappa shape index (κ2) is 12.2. The molecule has 0 saturated carbocycles. The largest absolute Gasteiger partial charge is 0.357 e. The molecule has 2 unspecified atom stereocenters. The van der Waals surface area contributed by atoms with Gasteiger partial charge in [0.2, 0.25) is 5.91 Å². The van der Waals surface area contributed by atoms with Gasteiger partial charge in [-0.2, -0.15) is 0 Å². The number of amides is 1. The summed E-state index contributed by atoms with van der Waals surface area (Å²) in [6.07, 6.45) is 1.51. The van der Waals surface area contributed by atoms with Gasteiger partial charge < -0.3 is 15.5 Å². The molecule has 152 valence electrons. The number of nitrogens with zero attached hydrogens (tertiary/aromatic N) is 2. The summed E-state index contributed by atoms with van der Waals surface area (Å²) >= 11 is 0. The smallest absolute Gasteiger partial charge is 0.224 e. The average molecular weight is 490 g/mol. The van der Waals surface area contributed by atoms with E-state index in [1.807, 2.05) is 0 Å². The predicted octanol–water partition coefficient (Wildman–Crippen LogP) is 3.05. The summed E-state index contributed by atoms with van der Waals surface area (Å²) in [7, 11) is 0. The van der Waals surface area contributed by atoms with Gasteiger partial charge in [0.1, 0.15) is 5.82 Å². The summed E-state index contributed by atoms with van der Waals surface area (Å²) < 4.78 is 12.9. The maximum absolute atomic E-state index is 12.9. The minimum Gasteiger partial charge on any atom is -0.357 e. The van der Waals surface area contributed by atoms with E-state index < -0.39 is 0 Å². The van der Waals surface area contributed by atoms with Crippen molar-refractivity contribution in [2.24, 2.45) is 16.8 Å². The highest BCUT2D eigenvalue weighted by atomic mass is 127. The molecule has 1 aliphatic rings. The van der Waals surface area contributed by atoms with Crippen LogP contribution in [0.25, 0.3) is 0 Å². The average Bonchev–Trinajstić information content (AvgIpc) is 2.59. The first-order valence-electron chi connectivity index (χ1n) is 9.52. The van der Waals surface area contributed by atoms with E-state index in [9.17, 15) is 9.18 Å². The van der Waals surface area contributed by atoms with Crippen molar-refractivity contribution in [3.05, 3.63) is 35.6 Å². The first-order chi connectivity index (χ1) is 12.5. The van der Waals surface area contributed by atoms with E-state index in [0.29, 0.717) is 24.9 Å². The van der Waals surface area contributed by atoms with Gasteiger partial charge in [0, 0.05) is 26.2 Å². The topological polar surface area (TPSA) is 56.7 Å². The Balaban J connectivity index is 0.00000364. The summed E-state index contributed by atoms with van der Waals surface area (Å²) in [5, 5.41) is 6.23. The highest BCUT2D eigenvalue weighted by molar-refractivity contribution is 14.0. The Labute approximate surface area is 179 Å². The minimum absolute atomic E-state index is 0. The molecule has 0 spiro atoms. The van der Waals surface area contributed by atoms with Crippen LogP contribution in [0.1, 0.15) is 32.8 Å². The first kappa shape index (κ1) is 23.7. The van der Waals surface area contributed by atoms with Crippen LogP contribution in [0.3, 0.4) is 0 Å². The molecule has 7 heteroatoms. The third-order valence-corrected chi connectivity index (χ3v) is 4.48. The number of carbonyl (C=O) groups is 1. The van der Waals surface area contributed by atoms with Crippen molar-refractivity contribution in [2.45, 2.75) is 33.6 Å². The van der Waals surface area contributed by atoms with Gasteiger partial charge in [-0.15, -0.1) is 24.0 Å². The van der Waals surface area contributed by atoms with Crippen LogP contribution in [0.2, 0.25) is 0 Å². The van der Waals surface area contributed by atoms with Crippen molar-refractivity contribution in [2.75, 3.05) is 32.7 Å². The van der Waals surface area contributed by atoms with E-state index >= 15 is 0 Å². The van der Waals surface area contributed by atoms with Gasteiger partial charge in [-0.3, -0.25) is 9.79 Å². The van der Waals surface area contributed by atoms with Crippen molar-refractivity contribution in [1.29, 1.82) is 0 Å². The fraction of sp³-hybridized carbons (Fsp3) is 0.600. The van der Waals surface area contributed by atoms with Crippen molar-refractivity contribution in [3.8, 4) is 0 Å². The summed E-state index contributed by atoms with van der Waals surface area (Å²) in [5.74, 6) is 1.90. The van der Waals surface area contributed by atoms with Crippen molar-refractivity contribution in [1.82, 2.24) is 15.5 Å². The van der Waals surface area contributed by atoms with Gasteiger partial charge in [-0.25, -0.2) is 4.39 Å². The number of nitrogens with one attached hydrogen (secondary N) is 2. The van der Waals surface area contributed by atoms with Crippen LogP contribution in [0.5, 0.6) is 0 Å². The van der Waals surface area contributed by atoms with Crippen LogP contribution in [-0.2, 0) is 11.2 Å². The fourth-order valence-electron chi connectivity index (χ4n) is 3.47. The molecule has 1 saturated heterocycles. The van der Waals surface area contributed by atoms with Crippen LogP contribution in [-0.4, -0.2) is 49.5 Å². The van der Waals surface area contributed by atoms with Crippen molar-refractivity contribution < 1.29 is 9.18 Å². The third kappa shape index (κ3) is 8.45. The number of aliphatic imine (C=N–C) groups is 1. The van der Waals surface area contributed by atoms with Crippen molar-refractivity contribution in [3.63, 3.8) is 0 Å². The Bertz CT molecular complexity index is 599. The lowest BCUT2D eigenvalue weighted by atomic mass is 9.92. The van der Waals surface area contributed by atoms with Crippen LogP contribution < -0.4 is 10.6 Å². The molecule has 2 N–H and O–H groups in total. The lowest BCUT2D eigenvalue weighted by Crippen LogP contribution is -2.48. The Morgan fingerprint density at radius 2 is 1.81 bits per heavy atom. The molecule has 2 rings (SSSR count). The zero-order chi connectivity index (χ0) is 18.9. The number of carbonyl (C=O) groups excluding carboxylic acids is 1. The molecule has 5 nitrogen and oxygen atoms in total. The van der Waals surface area contributed by atoms with Gasteiger partial charge >= 0.3 is 0 Å². The molecular weight excluding hydrogens is 458 g/mol. The Kier molecular flexibility index (Phi) is 10.6. The SMILES string of the molecule is CCNC(=NCCNC(=O)Cc1ccc(F)cc1)N1CC(C)CC(C)C1.I. The molecule has 1 fully saturated rings. The number of hydrogen-bond donors (Lipinski definition) is 2.